The maximum atomic E-state index is 11.1. The van der Waals surface area contributed by atoms with Crippen LogP contribution in [0.25, 0.3) is 0 Å². The Kier molecular flexibility index (Phi) is 4.80. The summed E-state index contributed by atoms with van der Waals surface area (Å²) in [5.41, 5.74) is 0. The molecule has 1 heterocycles. The number of hydrogen-bond acceptors (Lipinski definition) is 2. The fraction of sp³-hybridized carbons (Fsp3) is 0.889. The van der Waals surface area contributed by atoms with Crippen LogP contribution in [0.2, 0.25) is 0 Å². The number of likely N-dealkylation sites (tertiary alicyclic amines) is 1. The van der Waals surface area contributed by atoms with Gasteiger partial charge in [0, 0.05) is 19.0 Å². The number of carbonyl (C=O) groups excluding carboxylic acids is 1. The van der Waals surface area contributed by atoms with Crippen molar-refractivity contribution < 1.29 is 4.79 Å². The molecule has 0 aliphatic carbocycles. The Morgan fingerprint density at radius 3 is 2.50 bits per heavy atom. The summed E-state index contributed by atoms with van der Waals surface area (Å²) >= 11 is 0. The molecule has 0 amide bonds. The number of nitrogens with zero attached hydrogens (tertiary/aromatic N) is 1. The van der Waals surface area contributed by atoms with E-state index in [-0.39, 0.29) is 12.4 Å². The summed E-state index contributed by atoms with van der Waals surface area (Å²) < 4.78 is 0. The Morgan fingerprint density at radius 1 is 1.50 bits per heavy atom. The number of carbonyl (C=O) groups is 1. The van der Waals surface area contributed by atoms with Crippen molar-refractivity contribution in [3.05, 3.63) is 0 Å². The maximum Gasteiger partial charge on any atom is 0.147 e. The number of piperidine rings is 1. The van der Waals surface area contributed by atoms with Crippen molar-refractivity contribution in [2.45, 2.75) is 33.2 Å². The van der Waals surface area contributed by atoms with E-state index in [0.717, 1.165) is 13.0 Å². The average molecular weight is 192 g/mol. The Morgan fingerprint density at radius 2 is 2.08 bits per heavy atom. The summed E-state index contributed by atoms with van der Waals surface area (Å²) in [5.74, 6) is 0.955. The molecule has 12 heavy (non-hydrogen) atoms. The summed E-state index contributed by atoms with van der Waals surface area (Å²) in [6, 6.07) is 0.515. The first kappa shape index (κ1) is 11.9. The van der Waals surface area contributed by atoms with Gasteiger partial charge >= 0.3 is 0 Å². The summed E-state index contributed by atoms with van der Waals surface area (Å²) in [5, 5.41) is 0. The molecule has 0 spiro atoms. The highest BCUT2D eigenvalue weighted by atomic mass is 35.5. The molecular formula is C9H18ClNO. The zero-order valence-corrected chi connectivity index (χ0v) is 8.86. The lowest BCUT2D eigenvalue weighted by Crippen LogP contribution is -2.43. The minimum atomic E-state index is 0. The third kappa shape index (κ3) is 3.11. The summed E-state index contributed by atoms with van der Waals surface area (Å²) in [7, 11) is 0. The van der Waals surface area contributed by atoms with E-state index in [2.05, 4.69) is 25.7 Å². The van der Waals surface area contributed by atoms with Gasteiger partial charge in [-0.15, -0.1) is 12.4 Å². The maximum absolute atomic E-state index is 11.1. The zero-order valence-electron chi connectivity index (χ0n) is 8.04. The van der Waals surface area contributed by atoms with Crippen LogP contribution in [0.5, 0.6) is 0 Å². The molecule has 0 radical (unpaired) electrons. The number of halogens is 1. The molecule has 0 aromatic carbocycles. The van der Waals surface area contributed by atoms with Crippen molar-refractivity contribution in [3.8, 4) is 0 Å². The largest absolute Gasteiger partial charge is 0.298 e. The van der Waals surface area contributed by atoms with Crippen LogP contribution in [-0.2, 0) is 4.79 Å². The Hall–Kier alpha value is -0.0800. The standard InChI is InChI=1S/C9H17NO.ClH/c1-7(2)10-5-8(3)4-9(11)6-10;/h7-8H,4-6H2,1-3H3;1H. The molecule has 2 nitrogen and oxygen atoms in total. The minimum Gasteiger partial charge on any atom is -0.298 e. The molecule has 0 aromatic heterocycles. The van der Waals surface area contributed by atoms with E-state index in [9.17, 15) is 4.79 Å². The first-order chi connectivity index (χ1) is 5.09. The van der Waals surface area contributed by atoms with E-state index in [0.29, 0.717) is 24.3 Å². The summed E-state index contributed by atoms with van der Waals surface area (Å²) in [6.45, 7) is 8.19. The second-order valence-electron chi connectivity index (χ2n) is 3.87. The number of hydrogen-bond donors (Lipinski definition) is 0. The number of rotatable bonds is 1. The van der Waals surface area contributed by atoms with Crippen molar-refractivity contribution in [2.75, 3.05) is 13.1 Å². The molecule has 1 unspecified atom stereocenters. The van der Waals surface area contributed by atoms with Gasteiger partial charge in [-0.3, -0.25) is 9.69 Å². The third-order valence-corrected chi connectivity index (χ3v) is 2.23. The van der Waals surface area contributed by atoms with Gasteiger partial charge < -0.3 is 0 Å². The molecule has 1 rings (SSSR count). The Balaban J connectivity index is 0.00000121. The molecule has 0 aromatic rings. The monoisotopic (exact) mass is 191 g/mol. The topological polar surface area (TPSA) is 20.3 Å². The smallest absolute Gasteiger partial charge is 0.147 e. The molecule has 1 atom stereocenters. The van der Waals surface area contributed by atoms with Crippen molar-refractivity contribution in [1.29, 1.82) is 0 Å². The SMILES string of the molecule is CC1CC(=O)CN(C(C)C)C1.Cl. The molecule has 0 N–H and O–H groups in total. The highest BCUT2D eigenvalue weighted by Crippen LogP contribution is 2.14. The quantitative estimate of drug-likeness (QED) is 0.629. The van der Waals surface area contributed by atoms with E-state index in [4.69, 9.17) is 0 Å². The second kappa shape index (κ2) is 4.83. The molecule has 1 saturated heterocycles. The van der Waals surface area contributed by atoms with Crippen LogP contribution in [0.15, 0.2) is 0 Å². The lowest BCUT2D eigenvalue weighted by atomic mass is 9.98. The molecular weight excluding hydrogens is 174 g/mol. The number of ketones is 1. The van der Waals surface area contributed by atoms with E-state index < -0.39 is 0 Å². The molecule has 0 saturated carbocycles. The highest BCUT2D eigenvalue weighted by molar-refractivity contribution is 5.85. The normalized spacial score (nSPS) is 25.7. The van der Waals surface area contributed by atoms with Gasteiger partial charge in [-0.2, -0.15) is 0 Å². The van der Waals surface area contributed by atoms with Crippen molar-refractivity contribution in [1.82, 2.24) is 4.90 Å². The lowest BCUT2D eigenvalue weighted by molar-refractivity contribution is -0.124. The Bertz CT molecular complexity index is 159. The lowest BCUT2D eigenvalue weighted by Gasteiger charge is -2.32. The first-order valence-corrected chi connectivity index (χ1v) is 4.35. The molecule has 1 aliphatic rings. The van der Waals surface area contributed by atoms with Crippen molar-refractivity contribution in [3.63, 3.8) is 0 Å². The van der Waals surface area contributed by atoms with Crippen LogP contribution < -0.4 is 0 Å². The fourth-order valence-corrected chi connectivity index (χ4v) is 1.60. The van der Waals surface area contributed by atoms with Gasteiger partial charge in [0.05, 0.1) is 6.54 Å². The van der Waals surface area contributed by atoms with Gasteiger partial charge in [0.15, 0.2) is 0 Å². The summed E-state index contributed by atoms with van der Waals surface area (Å²) in [4.78, 5) is 13.4. The molecule has 0 bridgehead atoms. The van der Waals surface area contributed by atoms with Crippen LogP contribution in [0.4, 0.5) is 0 Å². The van der Waals surface area contributed by atoms with E-state index in [1.165, 1.54) is 0 Å². The van der Waals surface area contributed by atoms with E-state index >= 15 is 0 Å². The average Bonchev–Trinajstić information content (AvgIpc) is 1.85. The van der Waals surface area contributed by atoms with Gasteiger partial charge in [-0.25, -0.2) is 0 Å². The predicted octanol–water partition coefficient (Wildman–Crippen LogP) is 1.73. The van der Waals surface area contributed by atoms with Crippen LogP contribution in [0, 0.1) is 5.92 Å². The first-order valence-electron chi connectivity index (χ1n) is 4.35. The highest BCUT2D eigenvalue weighted by Gasteiger charge is 2.23. The van der Waals surface area contributed by atoms with Gasteiger partial charge in [-0.1, -0.05) is 6.92 Å². The van der Waals surface area contributed by atoms with Gasteiger partial charge in [-0.05, 0) is 19.8 Å². The van der Waals surface area contributed by atoms with E-state index in [1.54, 1.807) is 0 Å². The van der Waals surface area contributed by atoms with Crippen molar-refractivity contribution in [2.24, 2.45) is 5.92 Å². The molecule has 3 heteroatoms. The molecule has 1 fully saturated rings. The molecule has 72 valence electrons. The minimum absolute atomic E-state index is 0. The second-order valence-corrected chi connectivity index (χ2v) is 3.87. The van der Waals surface area contributed by atoms with Gasteiger partial charge in [0.1, 0.15) is 5.78 Å². The van der Waals surface area contributed by atoms with Crippen LogP contribution in [0.3, 0.4) is 0 Å². The van der Waals surface area contributed by atoms with E-state index in [1.807, 2.05) is 0 Å². The van der Waals surface area contributed by atoms with Crippen LogP contribution >= 0.6 is 12.4 Å². The summed E-state index contributed by atoms with van der Waals surface area (Å²) in [6.07, 6.45) is 0.781. The van der Waals surface area contributed by atoms with Crippen molar-refractivity contribution >= 4 is 18.2 Å². The number of Topliss-reactive ketones (excluding diaryl/α,β-unsaturated/α-hetero) is 1. The predicted molar refractivity (Wildman–Crippen MR) is 52.7 cm³/mol. The van der Waals surface area contributed by atoms with Gasteiger partial charge in [0.25, 0.3) is 0 Å². The Labute approximate surface area is 80.7 Å². The van der Waals surface area contributed by atoms with Gasteiger partial charge in [0.2, 0.25) is 0 Å². The zero-order chi connectivity index (χ0) is 8.43. The fourth-order valence-electron chi connectivity index (χ4n) is 1.60. The molecule has 1 aliphatic heterocycles. The third-order valence-electron chi connectivity index (χ3n) is 2.23. The van der Waals surface area contributed by atoms with Crippen LogP contribution in [0.1, 0.15) is 27.2 Å². The van der Waals surface area contributed by atoms with Crippen LogP contribution in [-0.4, -0.2) is 29.8 Å².